The minimum Gasteiger partial charge on any atom is -0.394 e. The van der Waals surface area contributed by atoms with Gasteiger partial charge in [-0.3, -0.25) is 0 Å². The maximum absolute atomic E-state index is 9.81. The molecule has 0 radical (unpaired) electrons. The summed E-state index contributed by atoms with van der Waals surface area (Å²) in [4.78, 5) is 8.57. The minimum absolute atomic E-state index is 0.116. The SMILES string of the molecule is Nc1nc(NC2(CO)CCCCC2)c2ccccc2n1. The van der Waals surface area contributed by atoms with Crippen LogP contribution in [0.5, 0.6) is 0 Å². The highest BCUT2D eigenvalue weighted by Crippen LogP contribution is 2.33. The molecule has 0 saturated heterocycles. The van der Waals surface area contributed by atoms with E-state index >= 15 is 0 Å². The van der Waals surface area contributed by atoms with Crippen LogP contribution >= 0.6 is 0 Å². The molecule has 1 aliphatic carbocycles. The zero-order valence-corrected chi connectivity index (χ0v) is 11.5. The van der Waals surface area contributed by atoms with Gasteiger partial charge in [0, 0.05) is 5.39 Å². The van der Waals surface area contributed by atoms with Crippen LogP contribution in [-0.4, -0.2) is 27.2 Å². The van der Waals surface area contributed by atoms with Crippen LogP contribution in [0.2, 0.25) is 0 Å². The van der Waals surface area contributed by atoms with Crippen molar-refractivity contribution >= 4 is 22.7 Å². The Kier molecular flexibility index (Phi) is 3.44. The fourth-order valence-corrected chi connectivity index (χ4v) is 2.99. The number of para-hydroxylation sites is 1. The van der Waals surface area contributed by atoms with Crippen molar-refractivity contribution in [1.29, 1.82) is 0 Å². The number of nitrogens with zero attached hydrogens (tertiary/aromatic N) is 2. The average molecular weight is 272 g/mol. The molecule has 0 bridgehead atoms. The lowest BCUT2D eigenvalue weighted by Gasteiger charge is -2.37. The topological polar surface area (TPSA) is 84.1 Å². The number of hydrogen-bond acceptors (Lipinski definition) is 5. The number of anilines is 2. The molecule has 1 heterocycles. The first kappa shape index (κ1) is 13.1. The average Bonchev–Trinajstić information content (AvgIpc) is 2.48. The van der Waals surface area contributed by atoms with E-state index in [1.807, 2.05) is 24.3 Å². The van der Waals surface area contributed by atoms with Crippen molar-refractivity contribution in [2.24, 2.45) is 0 Å². The summed E-state index contributed by atoms with van der Waals surface area (Å²) in [6.07, 6.45) is 5.41. The molecular formula is C15H20N4O. The van der Waals surface area contributed by atoms with Gasteiger partial charge in [-0.1, -0.05) is 31.4 Å². The molecule has 0 amide bonds. The highest BCUT2D eigenvalue weighted by molar-refractivity contribution is 5.90. The van der Waals surface area contributed by atoms with Crippen LogP contribution in [0.25, 0.3) is 10.9 Å². The van der Waals surface area contributed by atoms with Crippen molar-refractivity contribution in [3.63, 3.8) is 0 Å². The van der Waals surface area contributed by atoms with Gasteiger partial charge in [0.15, 0.2) is 0 Å². The summed E-state index contributed by atoms with van der Waals surface area (Å²) in [5.74, 6) is 0.985. The number of nitrogens with two attached hydrogens (primary N) is 1. The second-order valence-electron chi connectivity index (χ2n) is 5.57. The zero-order valence-electron chi connectivity index (χ0n) is 11.5. The summed E-state index contributed by atoms with van der Waals surface area (Å²) in [5.41, 5.74) is 6.34. The van der Waals surface area contributed by atoms with Gasteiger partial charge in [0.2, 0.25) is 5.95 Å². The quantitative estimate of drug-likeness (QED) is 0.798. The van der Waals surface area contributed by atoms with E-state index in [4.69, 9.17) is 5.73 Å². The first-order valence-electron chi connectivity index (χ1n) is 7.14. The molecule has 1 aromatic carbocycles. The number of aromatic nitrogens is 2. The highest BCUT2D eigenvalue weighted by Gasteiger charge is 2.32. The standard InChI is InChI=1S/C15H20N4O/c16-14-17-12-7-3-2-6-11(12)13(18-14)19-15(10-20)8-4-1-5-9-15/h2-3,6-7,20H,1,4-5,8-10H2,(H3,16,17,18,19). The van der Waals surface area contributed by atoms with E-state index in [1.165, 1.54) is 6.42 Å². The smallest absolute Gasteiger partial charge is 0.222 e. The number of fused-ring (bicyclic) bond motifs is 1. The molecule has 1 fully saturated rings. The lowest BCUT2D eigenvalue weighted by molar-refractivity contribution is 0.172. The molecule has 4 N–H and O–H groups in total. The highest BCUT2D eigenvalue weighted by atomic mass is 16.3. The molecule has 5 heteroatoms. The third kappa shape index (κ3) is 2.41. The minimum atomic E-state index is -0.276. The number of rotatable bonds is 3. The first-order valence-corrected chi connectivity index (χ1v) is 7.14. The molecular weight excluding hydrogens is 252 g/mol. The molecule has 2 aromatic rings. The Morgan fingerprint density at radius 3 is 2.65 bits per heavy atom. The summed E-state index contributed by atoms with van der Waals surface area (Å²) in [5, 5.41) is 14.2. The Morgan fingerprint density at radius 2 is 1.90 bits per heavy atom. The maximum atomic E-state index is 9.81. The predicted molar refractivity (Wildman–Crippen MR) is 80.5 cm³/mol. The van der Waals surface area contributed by atoms with E-state index in [1.54, 1.807) is 0 Å². The van der Waals surface area contributed by atoms with Gasteiger partial charge < -0.3 is 16.2 Å². The fourth-order valence-electron chi connectivity index (χ4n) is 2.99. The van der Waals surface area contributed by atoms with Gasteiger partial charge >= 0.3 is 0 Å². The monoisotopic (exact) mass is 272 g/mol. The number of aliphatic hydroxyl groups excluding tert-OH is 1. The summed E-state index contributed by atoms with van der Waals surface area (Å²) >= 11 is 0. The number of hydrogen-bond donors (Lipinski definition) is 3. The van der Waals surface area contributed by atoms with Crippen LogP contribution in [-0.2, 0) is 0 Å². The van der Waals surface area contributed by atoms with Crippen molar-refractivity contribution in [2.45, 2.75) is 37.6 Å². The number of benzene rings is 1. The van der Waals surface area contributed by atoms with Gasteiger partial charge in [0.05, 0.1) is 17.7 Å². The summed E-state index contributed by atoms with van der Waals surface area (Å²) in [6.45, 7) is 0.116. The second kappa shape index (κ2) is 5.25. The third-order valence-electron chi connectivity index (χ3n) is 4.12. The van der Waals surface area contributed by atoms with Crippen LogP contribution < -0.4 is 11.1 Å². The van der Waals surface area contributed by atoms with E-state index < -0.39 is 0 Å². The van der Waals surface area contributed by atoms with Crippen molar-refractivity contribution < 1.29 is 5.11 Å². The molecule has 0 spiro atoms. The Bertz CT molecular complexity index is 608. The normalized spacial score (nSPS) is 18.1. The van der Waals surface area contributed by atoms with Crippen LogP contribution in [0, 0.1) is 0 Å². The van der Waals surface area contributed by atoms with E-state index in [0.717, 1.165) is 42.4 Å². The van der Waals surface area contributed by atoms with E-state index in [2.05, 4.69) is 15.3 Å². The predicted octanol–water partition coefficient (Wildman–Crippen LogP) is 2.32. The van der Waals surface area contributed by atoms with Crippen molar-refractivity contribution in [2.75, 3.05) is 17.7 Å². The lowest BCUT2D eigenvalue weighted by atomic mass is 9.82. The number of nitrogen functional groups attached to an aromatic ring is 1. The molecule has 5 nitrogen and oxygen atoms in total. The Morgan fingerprint density at radius 1 is 1.15 bits per heavy atom. The van der Waals surface area contributed by atoms with Gasteiger partial charge in [-0.25, -0.2) is 4.98 Å². The second-order valence-corrected chi connectivity index (χ2v) is 5.57. The summed E-state index contributed by atoms with van der Waals surface area (Å²) < 4.78 is 0. The van der Waals surface area contributed by atoms with Crippen LogP contribution in [0.4, 0.5) is 11.8 Å². The van der Waals surface area contributed by atoms with Crippen LogP contribution in [0.1, 0.15) is 32.1 Å². The van der Waals surface area contributed by atoms with Crippen LogP contribution in [0.3, 0.4) is 0 Å². The summed E-state index contributed by atoms with van der Waals surface area (Å²) in [6, 6.07) is 7.79. The van der Waals surface area contributed by atoms with Gasteiger partial charge in [0.25, 0.3) is 0 Å². The Balaban J connectivity index is 2.01. The molecule has 3 rings (SSSR count). The van der Waals surface area contributed by atoms with Crippen molar-refractivity contribution in [1.82, 2.24) is 9.97 Å². The van der Waals surface area contributed by atoms with Gasteiger partial charge in [0.1, 0.15) is 5.82 Å². The third-order valence-corrected chi connectivity index (χ3v) is 4.12. The first-order chi connectivity index (χ1) is 9.72. The molecule has 0 aliphatic heterocycles. The molecule has 106 valence electrons. The Labute approximate surface area is 118 Å². The van der Waals surface area contributed by atoms with Gasteiger partial charge in [-0.15, -0.1) is 0 Å². The van der Waals surface area contributed by atoms with E-state index in [9.17, 15) is 5.11 Å². The molecule has 1 aliphatic rings. The molecule has 1 saturated carbocycles. The molecule has 0 unspecified atom stereocenters. The maximum Gasteiger partial charge on any atom is 0.222 e. The summed E-state index contributed by atoms with van der Waals surface area (Å²) in [7, 11) is 0. The van der Waals surface area contributed by atoms with Crippen molar-refractivity contribution in [3.05, 3.63) is 24.3 Å². The fraction of sp³-hybridized carbons (Fsp3) is 0.467. The number of nitrogens with one attached hydrogen (secondary N) is 1. The van der Waals surface area contributed by atoms with E-state index in [0.29, 0.717) is 0 Å². The molecule has 0 atom stereocenters. The molecule has 20 heavy (non-hydrogen) atoms. The zero-order chi connectivity index (χ0) is 14.0. The Hall–Kier alpha value is -1.88. The van der Waals surface area contributed by atoms with Crippen molar-refractivity contribution in [3.8, 4) is 0 Å². The van der Waals surface area contributed by atoms with Crippen LogP contribution in [0.15, 0.2) is 24.3 Å². The van der Waals surface area contributed by atoms with Gasteiger partial charge in [-0.05, 0) is 25.0 Å². The number of aliphatic hydroxyl groups is 1. The van der Waals surface area contributed by atoms with Gasteiger partial charge in [-0.2, -0.15) is 4.98 Å². The van der Waals surface area contributed by atoms with E-state index in [-0.39, 0.29) is 18.1 Å². The molecule has 1 aromatic heterocycles. The lowest BCUT2D eigenvalue weighted by Crippen LogP contribution is -2.44. The largest absolute Gasteiger partial charge is 0.394 e.